The molecule has 8 nitrogen and oxygen atoms in total. The summed E-state index contributed by atoms with van der Waals surface area (Å²) in [6.45, 7) is 6.41. The van der Waals surface area contributed by atoms with E-state index in [1.807, 2.05) is 48.6 Å². The highest BCUT2D eigenvalue weighted by Gasteiger charge is 2.49. The van der Waals surface area contributed by atoms with E-state index >= 15 is 0 Å². The Balaban J connectivity index is 1.38. The topological polar surface area (TPSA) is 99.2 Å². The van der Waals surface area contributed by atoms with E-state index in [0.29, 0.717) is 17.4 Å². The van der Waals surface area contributed by atoms with Crippen molar-refractivity contribution in [3.8, 4) is 22.4 Å². The van der Waals surface area contributed by atoms with Crippen LogP contribution in [0.15, 0.2) is 60.9 Å². The van der Waals surface area contributed by atoms with E-state index in [0.717, 1.165) is 47.2 Å². The van der Waals surface area contributed by atoms with Gasteiger partial charge >= 0.3 is 6.09 Å². The summed E-state index contributed by atoms with van der Waals surface area (Å²) in [5.74, 6) is 0.820. The molecule has 0 spiro atoms. The molecule has 184 valence electrons. The number of hydrogen-bond donors (Lipinski definition) is 1. The SMILES string of the molecule is CC(C)(C)OC(=O)N1CC2CC1C(n1nc(-c3ccc(-c4ccccc4)cc3)c3c(N)ncnc31)C2. The number of nitrogens with zero attached hydrogens (tertiary/aromatic N) is 5. The van der Waals surface area contributed by atoms with Gasteiger partial charge in [-0.25, -0.2) is 19.4 Å². The first kappa shape index (κ1) is 22.5. The van der Waals surface area contributed by atoms with Crippen molar-refractivity contribution in [3.63, 3.8) is 0 Å². The summed E-state index contributed by atoms with van der Waals surface area (Å²) in [7, 11) is 0. The van der Waals surface area contributed by atoms with Crippen LogP contribution in [-0.2, 0) is 4.74 Å². The van der Waals surface area contributed by atoms with Crippen LogP contribution in [0, 0.1) is 5.92 Å². The molecule has 2 aromatic heterocycles. The number of benzene rings is 2. The molecule has 2 aliphatic rings. The quantitative estimate of drug-likeness (QED) is 0.425. The summed E-state index contributed by atoms with van der Waals surface area (Å²) in [6.07, 6.45) is 3.10. The average Bonchev–Trinajstić information content (AvgIpc) is 3.57. The third-order valence-corrected chi connectivity index (χ3v) is 7.17. The first-order valence-corrected chi connectivity index (χ1v) is 12.4. The third-order valence-electron chi connectivity index (χ3n) is 7.17. The van der Waals surface area contributed by atoms with Gasteiger partial charge in [0.15, 0.2) is 5.65 Å². The fourth-order valence-electron chi connectivity index (χ4n) is 5.66. The molecule has 6 rings (SSSR count). The van der Waals surface area contributed by atoms with E-state index in [1.54, 1.807) is 0 Å². The smallest absolute Gasteiger partial charge is 0.410 e. The molecule has 2 N–H and O–H groups in total. The molecular weight excluding hydrogens is 452 g/mol. The zero-order valence-corrected chi connectivity index (χ0v) is 20.8. The Bertz CT molecular complexity index is 1420. The van der Waals surface area contributed by atoms with Crippen LogP contribution in [0.3, 0.4) is 0 Å². The largest absolute Gasteiger partial charge is 0.444 e. The van der Waals surface area contributed by atoms with Gasteiger partial charge in [0, 0.05) is 12.1 Å². The molecule has 3 unspecified atom stereocenters. The normalized spacial score (nSPS) is 21.3. The summed E-state index contributed by atoms with van der Waals surface area (Å²) in [6, 6.07) is 18.6. The maximum absolute atomic E-state index is 12.9. The van der Waals surface area contributed by atoms with Gasteiger partial charge in [-0.15, -0.1) is 0 Å². The van der Waals surface area contributed by atoms with Crippen molar-refractivity contribution in [2.24, 2.45) is 5.92 Å². The van der Waals surface area contributed by atoms with Crippen LogP contribution in [-0.4, -0.2) is 48.9 Å². The zero-order chi connectivity index (χ0) is 25.0. The van der Waals surface area contributed by atoms with Crippen molar-refractivity contribution in [1.29, 1.82) is 0 Å². The van der Waals surface area contributed by atoms with E-state index in [9.17, 15) is 4.79 Å². The molecule has 1 saturated carbocycles. The van der Waals surface area contributed by atoms with Gasteiger partial charge in [-0.3, -0.25) is 0 Å². The molecule has 1 aliphatic heterocycles. The lowest BCUT2D eigenvalue weighted by atomic mass is 10.0. The molecule has 0 radical (unpaired) electrons. The first-order valence-electron chi connectivity index (χ1n) is 12.4. The van der Waals surface area contributed by atoms with Crippen molar-refractivity contribution in [2.45, 2.75) is 51.3 Å². The van der Waals surface area contributed by atoms with Crippen molar-refractivity contribution >= 4 is 22.9 Å². The lowest BCUT2D eigenvalue weighted by Gasteiger charge is -2.34. The number of carbonyl (C=O) groups excluding carboxylic acids is 1. The van der Waals surface area contributed by atoms with Gasteiger partial charge in [0.1, 0.15) is 23.4 Å². The van der Waals surface area contributed by atoms with E-state index in [-0.39, 0.29) is 18.2 Å². The summed E-state index contributed by atoms with van der Waals surface area (Å²) < 4.78 is 7.67. The number of fused-ring (bicyclic) bond motifs is 3. The third kappa shape index (κ3) is 3.86. The Labute approximate surface area is 210 Å². The number of rotatable bonds is 3. The molecule has 4 aromatic rings. The maximum Gasteiger partial charge on any atom is 0.410 e. The summed E-state index contributed by atoms with van der Waals surface area (Å²) in [5, 5.41) is 5.79. The lowest BCUT2D eigenvalue weighted by Crippen LogP contribution is -2.45. The number of piperidine rings is 1. The monoisotopic (exact) mass is 482 g/mol. The minimum atomic E-state index is -0.534. The number of amides is 1. The fourth-order valence-corrected chi connectivity index (χ4v) is 5.66. The Morgan fingerprint density at radius 1 is 0.944 bits per heavy atom. The fraction of sp³-hybridized carbons (Fsp3) is 0.357. The predicted molar refractivity (Wildman–Crippen MR) is 139 cm³/mol. The molecule has 1 aliphatic carbocycles. The van der Waals surface area contributed by atoms with Crippen molar-refractivity contribution in [2.75, 3.05) is 12.3 Å². The molecule has 1 amide bonds. The standard InChI is InChI=1S/C28H30N6O2/c1-28(2,3)36-27(35)33-15-17-13-21(33)22(14-17)34-26-23(25(29)30-16-31-26)24(32-34)20-11-9-19(10-12-20)18-7-5-4-6-8-18/h4-12,16-17,21-22H,13-15H2,1-3H3,(H2,29,30,31). The molecule has 36 heavy (non-hydrogen) atoms. The van der Waals surface area contributed by atoms with Crippen LogP contribution < -0.4 is 5.73 Å². The molecule has 8 heteroatoms. The summed E-state index contributed by atoms with van der Waals surface area (Å²) in [5.41, 5.74) is 10.5. The number of carbonyl (C=O) groups is 1. The van der Waals surface area contributed by atoms with Gasteiger partial charge < -0.3 is 15.4 Å². The minimum Gasteiger partial charge on any atom is -0.444 e. The van der Waals surface area contributed by atoms with Gasteiger partial charge in [-0.05, 0) is 50.7 Å². The van der Waals surface area contributed by atoms with E-state index in [2.05, 4.69) is 46.4 Å². The Morgan fingerprint density at radius 3 is 2.31 bits per heavy atom. The minimum absolute atomic E-state index is 0.00501. The number of nitrogens with two attached hydrogens (primary N) is 1. The zero-order valence-electron chi connectivity index (χ0n) is 20.8. The van der Waals surface area contributed by atoms with E-state index in [4.69, 9.17) is 15.6 Å². The maximum atomic E-state index is 12.9. The Morgan fingerprint density at radius 2 is 1.61 bits per heavy atom. The molecule has 2 fully saturated rings. The van der Waals surface area contributed by atoms with E-state index in [1.165, 1.54) is 6.33 Å². The number of aromatic nitrogens is 4. The molecule has 3 heterocycles. The molecule has 2 aromatic carbocycles. The first-order chi connectivity index (χ1) is 17.3. The summed E-state index contributed by atoms with van der Waals surface area (Å²) >= 11 is 0. The predicted octanol–water partition coefficient (Wildman–Crippen LogP) is 5.31. The molecular formula is C28H30N6O2. The molecule has 1 saturated heterocycles. The number of likely N-dealkylation sites (tertiary alicyclic amines) is 1. The number of anilines is 1. The van der Waals surface area contributed by atoms with Gasteiger partial charge in [0.25, 0.3) is 0 Å². The van der Waals surface area contributed by atoms with Crippen LogP contribution in [0.1, 0.15) is 39.7 Å². The average molecular weight is 483 g/mol. The van der Waals surface area contributed by atoms with Crippen LogP contribution in [0.25, 0.3) is 33.4 Å². The summed E-state index contributed by atoms with van der Waals surface area (Å²) in [4.78, 5) is 23.7. The number of hydrogen-bond acceptors (Lipinski definition) is 6. The second-order valence-electron chi connectivity index (χ2n) is 10.8. The van der Waals surface area contributed by atoms with Gasteiger partial charge in [-0.1, -0.05) is 54.6 Å². The highest BCUT2D eigenvalue weighted by molar-refractivity contribution is 5.98. The van der Waals surface area contributed by atoms with Gasteiger partial charge in [0.2, 0.25) is 0 Å². The Hall–Kier alpha value is -3.94. The Kier molecular flexibility index (Phi) is 5.21. The van der Waals surface area contributed by atoms with Crippen molar-refractivity contribution < 1.29 is 9.53 Å². The highest BCUT2D eigenvalue weighted by Crippen LogP contribution is 2.46. The number of ether oxygens (including phenoxy) is 1. The van der Waals surface area contributed by atoms with Gasteiger partial charge in [0.05, 0.1) is 17.5 Å². The van der Waals surface area contributed by atoms with Crippen LogP contribution in [0.5, 0.6) is 0 Å². The number of nitrogen functional groups attached to an aromatic ring is 1. The second-order valence-corrected chi connectivity index (χ2v) is 10.8. The molecule has 3 atom stereocenters. The van der Waals surface area contributed by atoms with Crippen LogP contribution in [0.2, 0.25) is 0 Å². The van der Waals surface area contributed by atoms with Crippen molar-refractivity contribution in [1.82, 2.24) is 24.6 Å². The molecule has 2 bridgehead atoms. The van der Waals surface area contributed by atoms with Crippen LogP contribution >= 0.6 is 0 Å². The lowest BCUT2D eigenvalue weighted by molar-refractivity contribution is 0.0135. The van der Waals surface area contributed by atoms with Crippen LogP contribution in [0.4, 0.5) is 10.6 Å². The van der Waals surface area contributed by atoms with E-state index < -0.39 is 5.60 Å². The van der Waals surface area contributed by atoms with Gasteiger partial charge in [-0.2, -0.15) is 5.10 Å². The second kappa shape index (κ2) is 8.33. The van der Waals surface area contributed by atoms with Crippen molar-refractivity contribution in [3.05, 3.63) is 60.9 Å². The highest BCUT2D eigenvalue weighted by atomic mass is 16.6.